The van der Waals surface area contributed by atoms with Gasteiger partial charge in [-0.1, -0.05) is 31.0 Å². The molecule has 168 valence electrons. The number of benzene rings is 1. The number of hydrogen-bond acceptors (Lipinski definition) is 9. The summed E-state index contributed by atoms with van der Waals surface area (Å²) in [5, 5.41) is 33.1. The number of aliphatic hydroxyl groups excluding tert-OH is 3. The van der Waals surface area contributed by atoms with E-state index in [0.29, 0.717) is 29.3 Å². The van der Waals surface area contributed by atoms with Gasteiger partial charge in [0.15, 0.2) is 23.2 Å². The lowest BCUT2D eigenvalue weighted by Crippen LogP contribution is -2.33. The zero-order chi connectivity index (χ0) is 22.5. The second-order valence-corrected chi connectivity index (χ2v) is 7.28. The Balaban J connectivity index is 1.64. The Morgan fingerprint density at radius 2 is 2.00 bits per heavy atom. The number of nitrogens with one attached hydrogen (secondary N) is 1. The van der Waals surface area contributed by atoms with E-state index >= 15 is 0 Å². The van der Waals surface area contributed by atoms with E-state index in [-0.39, 0.29) is 12.4 Å². The topological polar surface area (TPSA) is 135 Å². The van der Waals surface area contributed by atoms with E-state index < -0.39 is 31.1 Å². The highest BCUT2D eigenvalue weighted by molar-refractivity contribution is 5.83. The molecule has 10 heteroatoms. The number of aromatic nitrogens is 4. The fraction of sp³-hybridized carbons (Fsp3) is 0.409. The molecule has 32 heavy (non-hydrogen) atoms. The normalized spacial score (nSPS) is 22.5. The predicted molar refractivity (Wildman–Crippen MR) is 116 cm³/mol. The van der Waals surface area contributed by atoms with Gasteiger partial charge in [0.25, 0.3) is 0 Å². The van der Waals surface area contributed by atoms with Crippen LogP contribution in [0.3, 0.4) is 0 Å². The summed E-state index contributed by atoms with van der Waals surface area (Å²) in [5.74, 6) is 7.28. The van der Waals surface area contributed by atoms with Gasteiger partial charge >= 0.3 is 0 Å². The van der Waals surface area contributed by atoms with Crippen LogP contribution in [-0.2, 0) is 4.74 Å². The lowest BCUT2D eigenvalue weighted by Gasteiger charge is -2.16. The molecule has 0 unspecified atom stereocenters. The van der Waals surface area contributed by atoms with E-state index in [9.17, 15) is 15.3 Å². The first kappa shape index (κ1) is 22.0. The smallest absolute Gasteiger partial charge is 0.209 e. The van der Waals surface area contributed by atoms with Gasteiger partial charge in [-0.3, -0.25) is 4.57 Å². The quantitative estimate of drug-likeness (QED) is 0.392. The Hall–Kier alpha value is -3.23. The van der Waals surface area contributed by atoms with E-state index in [0.717, 1.165) is 6.42 Å². The van der Waals surface area contributed by atoms with Crippen molar-refractivity contribution in [1.29, 1.82) is 0 Å². The van der Waals surface area contributed by atoms with Crippen LogP contribution in [0.5, 0.6) is 5.75 Å². The van der Waals surface area contributed by atoms with Crippen molar-refractivity contribution in [3.63, 3.8) is 0 Å². The third-order valence-electron chi connectivity index (χ3n) is 5.01. The van der Waals surface area contributed by atoms with Gasteiger partial charge in [-0.15, -0.1) is 0 Å². The summed E-state index contributed by atoms with van der Waals surface area (Å²) in [6.45, 7) is 2.45. The van der Waals surface area contributed by atoms with Crippen LogP contribution in [0.4, 0.5) is 5.82 Å². The average Bonchev–Trinajstić information content (AvgIpc) is 3.36. The Kier molecular flexibility index (Phi) is 6.82. The number of anilines is 1. The third-order valence-corrected chi connectivity index (χ3v) is 5.01. The van der Waals surface area contributed by atoms with Gasteiger partial charge in [0.05, 0.1) is 12.9 Å². The summed E-state index contributed by atoms with van der Waals surface area (Å²) in [5.41, 5.74) is 0.879. The Labute approximate surface area is 184 Å². The van der Waals surface area contributed by atoms with Crippen molar-refractivity contribution in [2.75, 3.05) is 25.1 Å². The van der Waals surface area contributed by atoms with E-state index in [2.05, 4.69) is 32.1 Å². The minimum absolute atomic E-state index is 0.164. The highest BCUT2D eigenvalue weighted by atomic mass is 16.6. The highest BCUT2D eigenvalue weighted by Crippen LogP contribution is 2.32. The van der Waals surface area contributed by atoms with E-state index in [1.54, 1.807) is 0 Å². The maximum absolute atomic E-state index is 10.4. The van der Waals surface area contributed by atoms with Gasteiger partial charge in [0, 0.05) is 6.54 Å². The second kappa shape index (κ2) is 9.93. The number of nitrogens with zero attached hydrogens (tertiary/aromatic N) is 4. The highest BCUT2D eigenvalue weighted by Gasteiger charge is 2.44. The third kappa shape index (κ3) is 4.51. The molecule has 4 N–H and O–H groups in total. The molecule has 0 bridgehead atoms. The first-order valence-corrected chi connectivity index (χ1v) is 10.4. The fourth-order valence-corrected chi connectivity index (χ4v) is 3.39. The number of rotatable bonds is 7. The van der Waals surface area contributed by atoms with Crippen LogP contribution in [0.2, 0.25) is 0 Å². The summed E-state index contributed by atoms with van der Waals surface area (Å²) in [4.78, 5) is 13.3. The van der Waals surface area contributed by atoms with Gasteiger partial charge in [-0.05, 0) is 24.5 Å². The number of imidazole rings is 1. The molecule has 10 nitrogen and oxygen atoms in total. The molecule has 2 aromatic heterocycles. The summed E-state index contributed by atoms with van der Waals surface area (Å²) >= 11 is 0. The largest absolute Gasteiger partial charge is 0.481 e. The van der Waals surface area contributed by atoms with Gasteiger partial charge < -0.3 is 30.1 Å². The molecule has 1 saturated heterocycles. The van der Waals surface area contributed by atoms with Gasteiger partial charge in [0.1, 0.15) is 30.7 Å². The summed E-state index contributed by atoms with van der Waals surface area (Å²) in [7, 11) is 0. The number of para-hydroxylation sites is 1. The van der Waals surface area contributed by atoms with Crippen LogP contribution in [0.25, 0.3) is 11.2 Å². The minimum Gasteiger partial charge on any atom is -0.481 e. The standard InChI is InChI=1S/C22H25N5O5/c1-2-10-23-20-17-21(27(13-24-17)22-19(30)18(29)15(12-28)32-22)26-16(25-20)9-6-11-31-14-7-4-3-5-8-14/h3-5,7-8,13,15,18-19,22,28-30H,2,10-12H2,1H3,(H,23,25,26)/t15-,18+,19-,22-/m1/s1. The maximum atomic E-state index is 10.4. The zero-order valence-corrected chi connectivity index (χ0v) is 17.5. The van der Waals surface area contributed by atoms with Gasteiger partial charge in [-0.25, -0.2) is 15.0 Å². The van der Waals surface area contributed by atoms with Crippen LogP contribution >= 0.6 is 0 Å². The van der Waals surface area contributed by atoms with Gasteiger partial charge in [-0.2, -0.15) is 0 Å². The molecule has 0 saturated carbocycles. The molecule has 0 aliphatic carbocycles. The number of fused-ring (bicyclic) bond motifs is 1. The van der Waals surface area contributed by atoms with Crippen LogP contribution < -0.4 is 10.1 Å². The van der Waals surface area contributed by atoms with Gasteiger partial charge in [0.2, 0.25) is 5.82 Å². The number of ether oxygens (including phenoxy) is 2. The van der Waals surface area contributed by atoms with E-state index in [1.165, 1.54) is 10.9 Å². The first-order chi connectivity index (χ1) is 15.6. The molecule has 1 aromatic carbocycles. The average molecular weight is 439 g/mol. The van der Waals surface area contributed by atoms with Crippen molar-refractivity contribution in [1.82, 2.24) is 19.5 Å². The second-order valence-electron chi connectivity index (χ2n) is 7.28. The number of hydrogen-bond donors (Lipinski definition) is 4. The van der Waals surface area contributed by atoms with Crippen molar-refractivity contribution in [2.45, 2.75) is 37.9 Å². The zero-order valence-electron chi connectivity index (χ0n) is 17.5. The molecule has 4 atom stereocenters. The molecule has 1 aliphatic heterocycles. The Bertz CT molecular complexity index is 1110. The molecule has 0 amide bonds. The Morgan fingerprint density at radius 1 is 1.19 bits per heavy atom. The molecular weight excluding hydrogens is 414 g/mol. The molecule has 0 radical (unpaired) electrons. The van der Waals surface area contributed by atoms with E-state index in [4.69, 9.17) is 9.47 Å². The van der Waals surface area contributed by atoms with Crippen LogP contribution in [0.1, 0.15) is 25.4 Å². The summed E-state index contributed by atoms with van der Waals surface area (Å²) < 4.78 is 12.7. The number of aliphatic hydroxyl groups is 3. The molecule has 1 aliphatic rings. The Morgan fingerprint density at radius 3 is 2.72 bits per heavy atom. The SMILES string of the molecule is CCCNc1nc(C#CCOc2ccccc2)nc2c1ncn2[C@@H]1O[C@H](CO)[C@H](O)[C@H]1O. The molecular formula is C22H25N5O5. The van der Waals surface area contributed by atoms with Crippen LogP contribution in [0, 0.1) is 11.8 Å². The van der Waals surface area contributed by atoms with Crippen molar-refractivity contribution in [3.8, 4) is 17.6 Å². The van der Waals surface area contributed by atoms with Crippen molar-refractivity contribution < 1.29 is 24.8 Å². The maximum Gasteiger partial charge on any atom is 0.209 e. The van der Waals surface area contributed by atoms with Crippen LogP contribution in [0.15, 0.2) is 36.7 Å². The lowest BCUT2D eigenvalue weighted by molar-refractivity contribution is -0.0511. The van der Waals surface area contributed by atoms with Crippen LogP contribution in [-0.4, -0.2) is 72.9 Å². The molecule has 3 aromatic rings. The van der Waals surface area contributed by atoms with E-state index in [1.807, 2.05) is 37.3 Å². The molecule has 4 rings (SSSR count). The molecule has 1 fully saturated rings. The molecule has 0 spiro atoms. The predicted octanol–water partition coefficient (Wildman–Crippen LogP) is 0.690. The molecule has 3 heterocycles. The first-order valence-electron chi connectivity index (χ1n) is 10.4. The van der Waals surface area contributed by atoms with Crippen molar-refractivity contribution >= 4 is 17.0 Å². The van der Waals surface area contributed by atoms with Crippen molar-refractivity contribution in [3.05, 3.63) is 42.5 Å². The van der Waals surface area contributed by atoms with Crippen molar-refractivity contribution in [2.24, 2.45) is 0 Å². The summed E-state index contributed by atoms with van der Waals surface area (Å²) in [6.07, 6.45) is -1.99. The summed E-state index contributed by atoms with van der Waals surface area (Å²) in [6, 6.07) is 9.35. The minimum atomic E-state index is -1.25. The lowest BCUT2D eigenvalue weighted by atomic mass is 10.1. The fourth-order valence-electron chi connectivity index (χ4n) is 3.39. The monoisotopic (exact) mass is 439 g/mol.